The standard InChI is InChI=1S/C26H27ClN4O5/c1-4-11-36-26(34)31-10-9-30(15-16(31)2)24(32)17-5-7-19-20(27)13-22(29-23(19)12-17)18-6-8-21(28-14-18)25(33)35-3/h5-8,12-14,16H,4,9-11,15H2,1-3H3/t16-/m1/s1. The maximum atomic E-state index is 13.3. The number of nitrogens with zero attached hydrogens (tertiary/aromatic N) is 4. The fourth-order valence-electron chi connectivity index (χ4n) is 4.11. The van der Waals surface area contributed by atoms with Gasteiger partial charge in [-0.3, -0.25) is 4.79 Å². The molecule has 0 saturated carbocycles. The van der Waals surface area contributed by atoms with Crippen molar-refractivity contribution >= 4 is 40.5 Å². The summed E-state index contributed by atoms with van der Waals surface area (Å²) in [6, 6.07) is 10.1. The van der Waals surface area contributed by atoms with Crippen molar-refractivity contribution in [3.8, 4) is 11.3 Å². The molecule has 1 fully saturated rings. The highest BCUT2D eigenvalue weighted by molar-refractivity contribution is 6.35. The predicted molar refractivity (Wildman–Crippen MR) is 135 cm³/mol. The molecular weight excluding hydrogens is 484 g/mol. The zero-order chi connectivity index (χ0) is 25.8. The number of ether oxygens (including phenoxy) is 2. The van der Waals surface area contributed by atoms with Crippen LogP contribution >= 0.6 is 11.6 Å². The Labute approximate surface area is 214 Å². The van der Waals surface area contributed by atoms with Gasteiger partial charge in [-0.15, -0.1) is 0 Å². The molecule has 0 N–H and O–H groups in total. The summed E-state index contributed by atoms with van der Waals surface area (Å²) in [7, 11) is 1.30. The molecule has 188 valence electrons. The first kappa shape index (κ1) is 25.4. The first-order chi connectivity index (χ1) is 17.3. The van der Waals surface area contributed by atoms with Crippen LogP contribution in [0.3, 0.4) is 0 Å². The number of pyridine rings is 2. The number of carbonyl (C=O) groups excluding carboxylic acids is 3. The minimum Gasteiger partial charge on any atom is -0.464 e. The number of hydrogen-bond acceptors (Lipinski definition) is 7. The van der Waals surface area contributed by atoms with Gasteiger partial charge in [0.15, 0.2) is 0 Å². The second-order valence-electron chi connectivity index (χ2n) is 8.55. The third-order valence-corrected chi connectivity index (χ3v) is 6.35. The third kappa shape index (κ3) is 5.26. The summed E-state index contributed by atoms with van der Waals surface area (Å²) in [4.78, 5) is 49.4. The van der Waals surface area contributed by atoms with Gasteiger partial charge in [-0.1, -0.05) is 24.6 Å². The van der Waals surface area contributed by atoms with Crippen molar-refractivity contribution in [1.29, 1.82) is 0 Å². The second-order valence-corrected chi connectivity index (χ2v) is 8.96. The van der Waals surface area contributed by atoms with Gasteiger partial charge in [0.1, 0.15) is 5.69 Å². The van der Waals surface area contributed by atoms with Gasteiger partial charge in [0, 0.05) is 48.4 Å². The lowest BCUT2D eigenvalue weighted by molar-refractivity contribution is 0.0412. The highest BCUT2D eigenvalue weighted by atomic mass is 35.5. The number of benzene rings is 1. The van der Waals surface area contributed by atoms with Crippen molar-refractivity contribution in [1.82, 2.24) is 19.8 Å². The zero-order valence-electron chi connectivity index (χ0n) is 20.4. The second kappa shape index (κ2) is 10.9. The lowest BCUT2D eigenvalue weighted by atomic mass is 10.1. The highest BCUT2D eigenvalue weighted by Gasteiger charge is 2.31. The Bertz CT molecular complexity index is 1300. The Balaban J connectivity index is 1.55. The van der Waals surface area contributed by atoms with Gasteiger partial charge in [0.2, 0.25) is 0 Å². The van der Waals surface area contributed by atoms with E-state index in [-0.39, 0.29) is 23.7 Å². The van der Waals surface area contributed by atoms with E-state index < -0.39 is 5.97 Å². The molecule has 2 amide bonds. The van der Waals surface area contributed by atoms with E-state index in [1.165, 1.54) is 13.3 Å². The van der Waals surface area contributed by atoms with Gasteiger partial charge in [0.05, 0.1) is 29.9 Å². The van der Waals surface area contributed by atoms with Crippen LogP contribution in [0.5, 0.6) is 0 Å². The van der Waals surface area contributed by atoms with Gasteiger partial charge in [-0.2, -0.15) is 0 Å². The van der Waals surface area contributed by atoms with E-state index in [1.807, 2.05) is 13.8 Å². The molecule has 2 aromatic heterocycles. The molecule has 4 rings (SSSR count). The molecule has 0 aliphatic carbocycles. The maximum Gasteiger partial charge on any atom is 0.410 e. The number of carbonyl (C=O) groups is 3. The van der Waals surface area contributed by atoms with Crippen molar-refractivity contribution in [2.45, 2.75) is 26.3 Å². The van der Waals surface area contributed by atoms with Crippen LogP contribution in [0.2, 0.25) is 5.02 Å². The SMILES string of the molecule is CCCOC(=O)N1CCN(C(=O)c2ccc3c(Cl)cc(-c4ccc(C(=O)OC)nc4)nc3c2)C[C@H]1C. The molecule has 0 bridgehead atoms. The predicted octanol–water partition coefficient (Wildman–Crippen LogP) is 4.43. The number of rotatable bonds is 5. The van der Waals surface area contributed by atoms with Crippen LogP contribution in [0.25, 0.3) is 22.2 Å². The minimum absolute atomic E-state index is 0.141. The summed E-state index contributed by atoms with van der Waals surface area (Å²) in [5.74, 6) is -0.667. The molecule has 1 aromatic carbocycles. The summed E-state index contributed by atoms with van der Waals surface area (Å²) in [6.45, 7) is 5.45. The summed E-state index contributed by atoms with van der Waals surface area (Å²) in [5.41, 5.74) is 2.47. The number of piperazine rings is 1. The Kier molecular flexibility index (Phi) is 7.69. The van der Waals surface area contributed by atoms with Gasteiger partial charge >= 0.3 is 12.1 Å². The average molecular weight is 511 g/mol. The average Bonchev–Trinajstić information content (AvgIpc) is 2.90. The normalized spacial score (nSPS) is 15.6. The van der Waals surface area contributed by atoms with Crippen molar-refractivity contribution in [3.63, 3.8) is 0 Å². The first-order valence-electron chi connectivity index (χ1n) is 11.7. The zero-order valence-corrected chi connectivity index (χ0v) is 21.1. The molecule has 0 spiro atoms. The van der Waals surface area contributed by atoms with E-state index in [4.69, 9.17) is 16.3 Å². The fraction of sp³-hybridized carbons (Fsp3) is 0.346. The summed E-state index contributed by atoms with van der Waals surface area (Å²) in [6.07, 6.45) is 1.94. The van der Waals surface area contributed by atoms with Crippen LogP contribution in [0.1, 0.15) is 41.1 Å². The van der Waals surface area contributed by atoms with Crippen molar-refractivity contribution in [3.05, 3.63) is 58.9 Å². The Hall–Kier alpha value is -3.72. The van der Waals surface area contributed by atoms with Crippen molar-refractivity contribution < 1.29 is 23.9 Å². The van der Waals surface area contributed by atoms with Crippen molar-refractivity contribution in [2.75, 3.05) is 33.4 Å². The van der Waals surface area contributed by atoms with E-state index in [0.717, 1.165) is 6.42 Å². The van der Waals surface area contributed by atoms with E-state index in [9.17, 15) is 14.4 Å². The van der Waals surface area contributed by atoms with Crippen LogP contribution in [-0.4, -0.2) is 77.1 Å². The van der Waals surface area contributed by atoms with Crippen molar-refractivity contribution in [2.24, 2.45) is 0 Å². The summed E-state index contributed by atoms with van der Waals surface area (Å²) >= 11 is 6.52. The quantitative estimate of drug-likeness (QED) is 0.468. The molecule has 3 aromatic rings. The number of halogens is 1. The first-order valence-corrected chi connectivity index (χ1v) is 12.1. The fourth-order valence-corrected chi connectivity index (χ4v) is 4.37. The van der Waals surface area contributed by atoms with Crippen LogP contribution in [0, 0.1) is 0 Å². The Morgan fingerprint density at radius 1 is 1.14 bits per heavy atom. The van der Waals surface area contributed by atoms with Crippen LogP contribution in [0.15, 0.2) is 42.6 Å². The van der Waals surface area contributed by atoms with E-state index in [0.29, 0.717) is 59.0 Å². The number of fused-ring (bicyclic) bond motifs is 1. The monoisotopic (exact) mass is 510 g/mol. The van der Waals surface area contributed by atoms with Gasteiger partial charge in [0.25, 0.3) is 5.91 Å². The Morgan fingerprint density at radius 2 is 1.94 bits per heavy atom. The largest absolute Gasteiger partial charge is 0.464 e. The van der Waals surface area contributed by atoms with Crippen LogP contribution in [-0.2, 0) is 9.47 Å². The smallest absolute Gasteiger partial charge is 0.410 e. The summed E-state index contributed by atoms with van der Waals surface area (Å²) < 4.78 is 9.93. The lowest BCUT2D eigenvalue weighted by Gasteiger charge is -2.39. The van der Waals surface area contributed by atoms with Gasteiger partial charge in [-0.25, -0.2) is 19.6 Å². The molecule has 10 heteroatoms. The molecular formula is C26H27ClN4O5. The molecule has 36 heavy (non-hydrogen) atoms. The number of amides is 2. The molecule has 1 saturated heterocycles. The van der Waals surface area contributed by atoms with Gasteiger partial charge in [-0.05, 0) is 43.7 Å². The number of aromatic nitrogens is 2. The molecule has 1 aliphatic rings. The number of esters is 1. The molecule has 3 heterocycles. The van der Waals surface area contributed by atoms with Gasteiger partial charge < -0.3 is 19.3 Å². The van der Waals surface area contributed by atoms with E-state index >= 15 is 0 Å². The molecule has 9 nitrogen and oxygen atoms in total. The van der Waals surface area contributed by atoms with Crippen LogP contribution < -0.4 is 0 Å². The third-order valence-electron chi connectivity index (χ3n) is 6.04. The van der Waals surface area contributed by atoms with E-state index in [2.05, 4.69) is 14.7 Å². The highest BCUT2D eigenvalue weighted by Crippen LogP contribution is 2.29. The molecule has 0 unspecified atom stereocenters. The Morgan fingerprint density at radius 3 is 2.61 bits per heavy atom. The summed E-state index contributed by atoms with van der Waals surface area (Å²) in [5, 5.41) is 1.20. The minimum atomic E-state index is -0.526. The van der Waals surface area contributed by atoms with Crippen LogP contribution in [0.4, 0.5) is 4.79 Å². The number of methoxy groups -OCH3 is 1. The maximum absolute atomic E-state index is 13.3. The molecule has 1 aliphatic heterocycles. The molecule has 0 radical (unpaired) electrons. The number of hydrogen-bond donors (Lipinski definition) is 0. The lowest BCUT2D eigenvalue weighted by Crippen LogP contribution is -2.55. The topological polar surface area (TPSA) is 102 Å². The molecule has 1 atom stereocenters. The van der Waals surface area contributed by atoms with E-state index in [1.54, 1.807) is 46.2 Å².